The standard InChI is InChI=1S/C23H25FO2S.C2H6/c1-14-9-15(2)22(16(3)10-14)23-20(25)11-17(12-21(23)26)7-8-27-19-6-4-5-18(24)13-19;1-2/h4-6,9-10,13,17,25H,7-8,11-12H2,1-3H3;1-2H3. The van der Waals surface area contributed by atoms with Gasteiger partial charge in [0.1, 0.15) is 11.6 Å². The number of allylic oxidation sites excluding steroid dienone is 2. The van der Waals surface area contributed by atoms with Crippen LogP contribution in [0.15, 0.2) is 47.1 Å². The number of aliphatic hydroxyl groups excluding tert-OH is 1. The summed E-state index contributed by atoms with van der Waals surface area (Å²) in [6.45, 7) is 10.0. The number of carbonyl (C=O) groups excluding carboxylic acids is 1. The molecule has 0 spiro atoms. The quantitative estimate of drug-likeness (QED) is 0.525. The first-order chi connectivity index (χ1) is 13.8. The molecule has 1 N–H and O–H groups in total. The first-order valence-electron chi connectivity index (χ1n) is 10.3. The summed E-state index contributed by atoms with van der Waals surface area (Å²) in [6.07, 6.45) is 1.80. The summed E-state index contributed by atoms with van der Waals surface area (Å²) in [5.41, 5.74) is 4.60. The number of rotatable bonds is 5. The van der Waals surface area contributed by atoms with Gasteiger partial charge >= 0.3 is 0 Å². The van der Waals surface area contributed by atoms with E-state index in [0.717, 1.165) is 39.3 Å². The van der Waals surface area contributed by atoms with Gasteiger partial charge in [-0.2, -0.15) is 0 Å². The molecule has 1 aliphatic rings. The predicted octanol–water partition coefficient (Wildman–Crippen LogP) is 7.21. The molecule has 0 fully saturated rings. The minimum atomic E-state index is -0.234. The van der Waals surface area contributed by atoms with E-state index >= 15 is 0 Å². The van der Waals surface area contributed by atoms with Crippen LogP contribution < -0.4 is 0 Å². The third-order valence-corrected chi connectivity index (χ3v) is 6.07. The van der Waals surface area contributed by atoms with Crippen LogP contribution in [-0.4, -0.2) is 16.6 Å². The molecule has 0 amide bonds. The van der Waals surface area contributed by atoms with Crippen molar-refractivity contribution in [2.24, 2.45) is 5.92 Å². The van der Waals surface area contributed by atoms with Gasteiger partial charge in [0.25, 0.3) is 0 Å². The van der Waals surface area contributed by atoms with Gasteiger partial charge in [0, 0.05) is 17.7 Å². The van der Waals surface area contributed by atoms with Crippen molar-refractivity contribution in [3.8, 4) is 0 Å². The molecule has 2 aromatic rings. The number of thioether (sulfide) groups is 1. The molecule has 1 atom stereocenters. The van der Waals surface area contributed by atoms with E-state index in [-0.39, 0.29) is 23.3 Å². The van der Waals surface area contributed by atoms with Crippen molar-refractivity contribution >= 4 is 23.1 Å². The Morgan fingerprint density at radius 2 is 1.72 bits per heavy atom. The Bertz CT molecular complexity index is 878. The van der Waals surface area contributed by atoms with Crippen LogP contribution in [-0.2, 0) is 4.79 Å². The number of hydrogen-bond donors (Lipinski definition) is 1. The van der Waals surface area contributed by atoms with E-state index in [2.05, 4.69) is 12.1 Å². The first kappa shape index (κ1) is 23.2. The van der Waals surface area contributed by atoms with Gasteiger partial charge in [0.15, 0.2) is 5.78 Å². The molecule has 0 bridgehead atoms. The van der Waals surface area contributed by atoms with E-state index < -0.39 is 0 Å². The summed E-state index contributed by atoms with van der Waals surface area (Å²) in [7, 11) is 0. The fourth-order valence-electron chi connectivity index (χ4n) is 3.94. The number of aryl methyl sites for hydroxylation is 3. The van der Waals surface area contributed by atoms with Gasteiger partial charge in [-0.3, -0.25) is 4.79 Å². The van der Waals surface area contributed by atoms with E-state index in [4.69, 9.17) is 0 Å². The Morgan fingerprint density at radius 3 is 2.31 bits per heavy atom. The molecule has 29 heavy (non-hydrogen) atoms. The van der Waals surface area contributed by atoms with Gasteiger partial charge in [-0.25, -0.2) is 4.39 Å². The van der Waals surface area contributed by atoms with Crippen LogP contribution in [0.4, 0.5) is 4.39 Å². The zero-order valence-electron chi connectivity index (χ0n) is 18.0. The van der Waals surface area contributed by atoms with Gasteiger partial charge in [-0.05, 0) is 73.8 Å². The normalized spacial score (nSPS) is 16.5. The SMILES string of the molecule is CC.Cc1cc(C)c(C2=C(O)CC(CCSc3cccc(F)c3)CC2=O)c(C)c1. The van der Waals surface area contributed by atoms with E-state index in [0.29, 0.717) is 18.4 Å². The highest BCUT2D eigenvalue weighted by molar-refractivity contribution is 7.99. The number of aliphatic hydroxyl groups is 1. The number of hydrogen-bond acceptors (Lipinski definition) is 3. The summed E-state index contributed by atoms with van der Waals surface area (Å²) < 4.78 is 13.2. The lowest BCUT2D eigenvalue weighted by molar-refractivity contribution is -0.115. The molecule has 0 aromatic heterocycles. The first-order valence-corrected chi connectivity index (χ1v) is 11.3. The monoisotopic (exact) mass is 414 g/mol. The van der Waals surface area contributed by atoms with E-state index in [1.165, 1.54) is 12.1 Å². The largest absolute Gasteiger partial charge is 0.512 e. The Morgan fingerprint density at radius 1 is 1.07 bits per heavy atom. The van der Waals surface area contributed by atoms with Crippen LogP contribution in [0.2, 0.25) is 0 Å². The van der Waals surface area contributed by atoms with Gasteiger partial charge in [0.2, 0.25) is 0 Å². The van der Waals surface area contributed by atoms with E-state index in [9.17, 15) is 14.3 Å². The molecule has 0 aliphatic heterocycles. The Labute approximate surface area is 178 Å². The van der Waals surface area contributed by atoms with Crippen molar-refractivity contribution in [1.82, 2.24) is 0 Å². The zero-order valence-corrected chi connectivity index (χ0v) is 18.8. The minimum absolute atomic E-state index is 0.0227. The van der Waals surface area contributed by atoms with E-state index in [1.807, 2.05) is 40.7 Å². The lowest BCUT2D eigenvalue weighted by Crippen LogP contribution is -2.20. The fraction of sp³-hybridized carbons (Fsp3) is 0.400. The van der Waals surface area contributed by atoms with Crippen molar-refractivity contribution in [1.29, 1.82) is 0 Å². The summed E-state index contributed by atoms with van der Waals surface area (Å²) in [4.78, 5) is 13.7. The Hall–Kier alpha value is -2.07. The number of benzene rings is 2. The maximum absolute atomic E-state index is 13.2. The lowest BCUT2D eigenvalue weighted by atomic mass is 9.80. The second kappa shape index (κ2) is 10.6. The van der Waals surface area contributed by atoms with Gasteiger partial charge in [-0.1, -0.05) is 37.6 Å². The summed E-state index contributed by atoms with van der Waals surface area (Å²) in [5.74, 6) is 0.930. The van der Waals surface area contributed by atoms with Crippen LogP contribution in [0, 0.1) is 32.5 Å². The van der Waals surface area contributed by atoms with Crippen LogP contribution in [0.3, 0.4) is 0 Å². The molecular formula is C25H31FO2S. The highest BCUT2D eigenvalue weighted by Crippen LogP contribution is 2.37. The molecule has 4 heteroatoms. The summed E-state index contributed by atoms with van der Waals surface area (Å²) in [6, 6.07) is 10.7. The molecule has 3 rings (SSSR count). The maximum Gasteiger partial charge on any atom is 0.167 e. The molecule has 0 saturated heterocycles. The van der Waals surface area contributed by atoms with Crippen molar-refractivity contribution in [3.63, 3.8) is 0 Å². The molecule has 0 heterocycles. The summed E-state index contributed by atoms with van der Waals surface area (Å²) in [5, 5.41) is 10.6. The van der Waals surface area contributed by atoms with Gasteiger partial charge in [-0.15, -0.1) is 11.8 Å². The van der Waals surface area contributed by atoms with Crippen molar-refractivity contribution in [3.05, 3.63) is 70.2 Å². The highest BCUT2D eigenvalue weighted by atomic mass is 32.2. The van der Waals surface area contributed by atoms with Gasteiger partial charge < -0.3 is 5.11 Å². The maximum atomic E-state index is 13.2. The predicted molar refractivity (Wildman–Crippen MR) is 121 cm³/mol. The highest BCUT2D eigenvalue weighted by Gasteiger charge is 2.30. The van der Waals surface area contributed by atoms with Gasteiger partial charge in [0.05, 0.1) is 5.57 Å². The second-order valence-electron chi connectivity index (χ2n) is 7.39. The minimum Gasteiger partial charge on any atom is -0.512 e. The Balaban J connectivity index is 0.00000145. The van der Waals surface area contributed by atoms with Crippen molar-refractivity contribution in [2.75, 3.05) is 5.75 Å². The third-order valence-electron chi connectivity index (χ3n) is 5.04. The van der Waals surface area contributed by atoms with Crippen molar-refractivity contribution in [2.45, 2.75) is 58.8 Å². The average Bonchev–Trinajstić information content (AvgIpc) is 2.65. The van der Waals surface area contributed by atoms with Crippen molar-refractivity contribution < 1.29 is 14.3 Å². The summed E-state index contributed by atoms with van der Waals surface area (Å²) >= 11 is 1.59. The molecule has 156 valence electrons. The van der Waals surface area contributed by atoms with Crippen LogP contribution in [0.1, 0.15) is 55.4 Å². The molecule has 2 aromatic carbocycles. The number of carbonyl (C=O) groups is 1. The number of Topliss-reactive ketones (excluding diaryl/α,β-unsaturated/α-hetero) is 1. The Kier molecular flexibility index (Phi) is 8.51. The topological polar surface area (TPSA) is 37.3 Å². The molecule has 1 aliphatic carbocycles. The zero-order chi connectivity index (χ0) is 21.6. The van der Waals surface area contributed by atoms with Crippen LogP contribution >= 0.6 is 11.8 Å². The number of ketones is 1. The fourth-order valence-corrected chi connectivity index (χ4v) is 4.99. The molecule has 2 nitrogen and oxygen atoms in total. The molecular weight excluding hydrogens is 383 g/mol. The molecule has 0 saturated carbocycles. The average molecular weight is 415 g/mol. The van der Waals surface area contributed by atoms with E-state index in [1.54, 1.807) is 17.8 Å². The lowest BCUT2D eigenvalue weighted by Gasteiger charge is -2.25. The third kappa shape index (κ3) is 5.96. The smallest absolute Gasteiger partial charge is 0.167 e. The second-order valence-corrected chi connectivity index (χ2v) is 8.56. The van der Waals surface area contributed by atoms with Crippen LogP contribution in [0.5, 0.6) is 0 Å². The molecule has 0 radical (unpaired) electrons. The number of halogens is 1. The molecule has 1 unspecified atom stereocenters. The van der Waals surface area contributed by atoms with Crippen LogP contribution in [0.25, 0.3) is 5.57 Å².